The molecule has 2 rings (SSSR count). The summed E-state index contributed by atoms with van der Waals surface area (Å²) < 4.78 is 5.64. The van der Waals surface area contributed by atoms with E-state index < -0.39 is 0 Å². The minimum absolute atomic E-state index is 0.381. The van der Waals surface area contributed by atoms with Gasteiger partial charge in [0.15, 0.2) is 5.82 Å². The third kappa shape index (κ3) is 4.72. The summed E-state index contributed by atoms with van der Waals surface area (Å²) in [6.45, 7) is 11.7. The van der Waals surface area contributed by atoms with Gasteiger partial charge in [-0.05, 0) is 44.2 Å². The lowest BCUT2D eigenvalue weighted by atomic mass is 10.0. The number of hydrogen-bond acceptors (Lipinski definition) is 6. The standard InChI is InChI=1S/C22H35N5O/c1-8-15-13-19(27(6)12-5)23-14-17(15)20-22(28-7)26-21(18(11-4)25-20)24-16(9-2)10-3/h13-14,16H,8-12H2,1-7H3,(H,24,26). The van der Waals surface area contributed by atoms with E-state index in [0.29, 0.717) is 11.9 Å². The zero-order chi connectivity index (χ0) is 20.7. The minimum atomic E-state index is 0.381. The molecule has 0 bridgehead atoms. The lowest BCUT2D eigenvalue weighted by molar-refractivity contribution is 0.397. The van der Waals surface area contributed by atoms with Crippen LogP contribution >= 0.6 is 0 Å². The van der Waals surface area contributed by atoms with E-state index in [0.717, 1.165) is 60.8 Å². The molecular weight excluding hydrogens is 350 g/mol. The van der Waals surface area contributed by atoms with Crippen LogP contribution in [0.5, 0.6) is 5.88 Å². The molecule has 0 aliphatic heterocycles. The quantitative estimate of drug-likeness (QED) is 0.638. The zero-order valence-corrected chi connectivity index (χ0v) is 18.5. The van der Waals surface area contributed by atoms with Gasteiger partial charge >= 0.3 is 0 Å². The van der Waals surface area contributed by atoms with E-state index in [4.69, 9.17) is 14.7 Å². The third-order valence-electron chi connectivity index (χ3n) is 5.27. The smallest absolute Gasteiger partial charge is 0.242 e. The second kappa shape index (κ2) is 10.2. The van der Waals surface area contributed by atoms with Gasteiger partial charge in [-0.3, -0.25) is 0 Å². The van der Waals surface area contributed by atoms with Crippen LogP contribution in [0, 0.1) is 0 Å². The molecule has 0 amide bonds. The summed E-state index contributed by atoms with van der Waals surface area (Å²) in [7, 11) is 3.70. The van der Waals surface area contributed by atoms with Crippen molar-refractivity contribution in [3.63, 3.8) is 0 Å². The van der Waals surface area contributed by atoms with Crippen molar-refractivity contribution in [2.75, 3.05) is 30.9 Å². The fraction of sp³-hybridized carbons (Fsp3) is 0.591. The highest BCUT2D eigenvalue weighted by Crippen LogP contribution is 2.33. The molecule has 0 saturated carbocycles. The maximum Gasteiger partial charge on any atom is 0.242 e. The van der Waals surface area contributed by atoms with Crippen molar-refractivity contribution in [2.45, 2.75) is 66.3 Å². The fourth-order valence-electron chi connectivity index (χ4n) is 3.18. The first-order chi connectivity index (χ1) is 13.5. The van der Waals surface area contributed by atoms with Gasteiger partial charge in [0.05, 0.1) is 12.8 Å². The first kappa shape index (κ1) is 21.9. The number of rotatable bonds is 10. The van der Waals surface area contributed by atoms with Crippen molar-refractivity contribution in [3.8, 4) is 17.1 Å². The van der Waals surface area contributed by atoms with Crippen molar-refractivity contribution in [3.05, 3.63) is 23.5 Å². The predicted molar refractivity (Wildman–Crippen MR) is 118 cm³/mol. The van der Waals surface area contributed by atoms with Gasteiger partial charge in [0.2, 0.25) is 5.88 Å². The highest BCUT2D eigenvalue weighted by atomic mass is 16.5. The molecule has 0 aromatic carbocycles. The van der Waals surface area contributed by atoms with E-state index in [-0.39, 0.29) is 0 Å². The maximum atomic E-state index is 5.64. The molecule has 0 radical (unpaired) electrons. The largest absolute Gasteiger partial charge is 0.479 e. The molecule has 0 aliphatic rings. The van der Waals surface area contributed by atoms with E-state index >= 15 is 0 Å². The third-order valence-corrected chi connectivity index (χ3v) is 5.27. The van der Waals surface area contributed by atoms with Crippen molar-refractivity contribution in [1.82, 2.24) is 15.0 Å². The highest BCUT2D eigenvalue weighted by Gasteiger charge is 2.19. The monoisotopic (exact) mass is 385 g/mol. The van der Waals surface area contributed by atoms with Crippen LogP contribution < -0.4 is 15.0 Å². The van der Waals surface area contributed by atoms with Crippen LogP contribution in [0.25, 0.3) is 11.3 Å². The lowest BCUT2D eigenvalue weighted by Crippen LogP contribution is -2.20. The molecule has 0 atom stereocenters. The van der Waals surface area contributed by atoms with E-state index in [1.165, 1.54) is 5.56 Å². The number of nitrogens with zero attached hydrogens (tertiary/aromatic N) is 4. The Morgan fingerprint density at radius 1 is 1.07 bits per heavy atom. The van der Waals surface area contributed by atoms with Crippen molar-refractivity contribution in [1.29, 1.82) is 0 Å². The summed E-state index contributed by atoms with van der Waals surface area (Å²) in [6.07, 6.45) is 5.68. The minimum Gasteiger partial charge on any atom is -0.479 e. The van der Waals surface area contributed by atoms with Crippen LogP contribution in [0.15, 0.2) is 12.3 Å². The van der Waals surface area contributed by atoms with Gasteiger partial charge in [0.25, 0.3) is 0 Å². The summed E-state index contributed by atoms with van der Waals surface area (Å²) >= 11 is 0. The molecule has 0 aliphatic carbocycles. The highest BCUT2D eigenvalue weighted by molar-refractivity contribution is 5.70. The van der Waals surface area contributed by atoms with Crippen LogP contribution in [0.2, 0.25) is 0 Å². The Kier molecular flexibility index (Phi) is 8.03. The van der Waals surface area contributed by atoms with Crippen molar-refractivity contribution < 1.29 is 4.74 Å². The molecule has 0 spiro atoms. The molecule has 0 fully saturated rings. The van der Waals surface area contributed by atoms with E-state index in [9.17, 15) is 0 Å². The molecule has 2 heterocycles. The first-order valence-corrected chi connectivity index (χ1v) is 10.4. The molecule has 1 N–H and O–H groups in total. The number of pyridine rings is 1. The molecule has 6 heteroatoms. The van der Waals surface area contributed by atoms with Gasteiger partial charge in [0, 0.05) is 31.4 Å². The van der Waals surface area contributed by atoms with Crippen LogP contribution in [0.4, 0.5) is 11.6 Å². The number of nitrogens with one attached hydrogen (secondary N) is 1. The molecule has 28 heavy (non-hydrogen) atoms. The van der Waals surface area contributed by atoms with Crippen LogP contribution in [0.1, 0.15) is 58.7 Å². The Morgan fingerprint density at radius 2 is 1.79 bits per heavy atom. The Labute approximate surface area is 169 Å². The van der Waals surface area contributed by atoms with Gasteiger partial charge in [-0.15, -0.1) is 0 Å². The average Bonchev–Trinajstić information content (AvgIpc) is 2.75. The second-order valence-corrected chi connectivity index (χ2v) is 6.96. The normalized spacial score (nSPS) is 11.0. The van der Waals surface area contributed by atoms with Gasteiger partial charge in [-0.25, -0.2) is 9.97 Å². The lowest BCUT2D eigenvalue weighted by Gasteiger charge is -2.21. The number of anilines is 2. The molecule has 154 valence electrons. The molecule has 2 aromatic rings. The number of ether oxygens (including phenoxy) is 1. The molecule has 2 aromatic heterocycles. The number of aromatic nitrogens is 3. The second-order valence-electron chi connectivity index (χ2n) is 6.96. The van der Waals surface area contributed by atoms with Crippen LogP contribution in [-0.2, 0) is 12.8 Å². The van der Waals surface area contributed by atoms with Gasteiger partial charge < -0.3 is 15.0 Å². The summed E-state index contributed by atoms with van der Waals surface area (Å²) in [6, 6.07) is 2.52. The fourth-order valence-corrected chi connectivity index (χ4v) is 3.18. The Hall–Kier alpha value is -2.37. The molecule has 0 unspecified atom stereocenters. The topological polar surface area (TPSA) is 63.2 Å². The van der Waals surface area contributed by atoms with E-state index in [2.05, 4.69) is 62.9 Å². The Morgan fingerprint density at radius 3 is 2.32 bits per heavy atom. The Balaban J connectivity index is 2.56. The van der Waals surface area contributed by atoms with Crippen molar-refractivity contribution >= 4 is 11.6 Å². The number of aryl methyl sites for hydroxylation is 2. The maximum absolute atomic E-state index is 5.64. The van der Waals surface area contributed by atoms with Crippen LogP contribution in [-0.4, -0.2) is 41.7 Å². The summed E-state index contributed by atoms with van der Waals surface area (Å²) in [4.78, 5) is 16.5. The number of methoxy groups -OCH3 is 1. The van der Waals surface area contributed by atoms with E-state index in [1.54, 1.807) is 7.11 Å². The SMILES string of the molecule is CCc1cc(N(C)CC)ncc1-c1nc(CC)c(NC(CC)CC)nc1OC. The molecule has 0 saturated heterocycles. The van der Waals surface area contributed by atoms with Gasteiger partial charge in [-0.2, -0.15) is 4.98 Å². The summed E-state index contributed by atoms with van der Waals surface area (Å²) in [5, 5.41) is 3.54. The molecule has 6 nitrogen and oxygen atoms in total. The van der Waals surface area contributed by atoms with Crippen molar-refractivity contribution in [2.24, 2.45) is 0 Å². The zero-order valence-electron chi connectivity index (χ0n) is 18.5. The Bertz CT molecular complexity index is 774. The summed E-state index contributed by atoms with van der Waals surface area (Å²) in [5.41, 5.74) is 3.91. The van der Waals surface area contributed by atoms with Gasteiger partial charge in [-0.1, -0.05) is 27.7 Å². The number of hydrogen-bond donors (Lipinski definition) is 1. The molecular formula is C22H35N5O. The first-order valence-electron chi connectivity index (χ1n) is 10.4. The predicted octanol–water partition coefficient (Wildman–Crippen LogP) is 4.73. The summed E-state index contributed by atoms with van der Waals surface area (Å²) in [5.74, 6) is 2.33. The average molecular weight is 386 g/mol. The van der Waals surface area contributed by atoms with E-state index in [1.807, 2.05) is 6.20 Å². The van der Waals surface area contributed by atoms with Gasteiger partial charge in [0.1, 0.15) is 11.5 Å². The van der Waals surface area contributed by atoms with Crippen LogP contribution in [0.3, 0.4) is 0 Å².